The van der Waals surface area contributed by atoms with Crippen molar-refractivity contribution in [2.75, 3.05) is 37.6 Å². The van der Waals surface area contributed by atoms with Crippen LogP contribution in [0.1, 0.15) is 5.56 Å². The van der Waals surface area contributed by atoms with E-state index in [1.807, 2.05) is 6.07 Å². The fourth-order valence-corrected chi connectivity index (χ4v) is 2.35. The molecular formula is C14H14F5N3. The van der Waals surface area contributed by atoms with Gasteiger partial charge in [-0.1, -0.05) is 0 Å². The quantitative estimate of drug-likeness (QED) is 0.800. The van der Waals surface area contributed by atoms with Gasteiger partial charge in [0.05, 0.1) is 23.9 Å². The normalized spacial score (nSPS) is 16.9. The van der Waals surface area contributed by atoms with Gasteiger partial charge in [-0.15, -0.1) is 0 Å². The molecule has 0 N–H and O–H groups in total. The summed E-state index contributed by atoms with van der Waals surface area (Å²) in [5.41, 5.74) is 0.468. The number of nitriles is 1. The van der Waals surface area contributed by atoms with Crippen LogP contribution in [0, 0.1) is 17.1 Å². The lowest BCUT2D eigenvalue weighted by molar-refractivity contribution is -0.142. The molecule has 0 atom stereocenters. The van der Waals surface area contributed by atoms with Crippen molar-refractivity contribution in [3.8, 4) is 6.07 Å². The molecule has 1 aromatic carbocycles. The number of alkyl halides is 4. The Kier molecular flexibility index (Phi) is 4.86. The summed E-state index contributed by atoms with van der Waals surface area (Å²) in [4.78, 5) is 2.89. The van der Waals surface area contributed by atoms with E-state index in [1.54, 1.807) is 4.90 Å². The smallest absolute Gasteiger partial charge is 0.319 e. The van der Waals surface area contributed by atoms with Gasteiger partial charge in [-0.3, -0.25) is 4.90 Å². The number of anilines is 1. The molecule has 120 valence electrons. The van der Waals surface area contributed by atoms with Gasteiger partial charge in [0, 0.05) is 26.2 Å². The first-order chi connectivity index (χ1) is 10.3. The molecule has 1 saturated heterocycles. The SMILES string of the molecule is N#Cc1ccc(N2CCN(CC(F)(F)C(F)F)CC2)c(F)c1. The van der Waals surface area contributed by atoms with Crippen molar-refractivity contribution in [1.29, 1.82) is 5.26 Å². The maximum atomic E-state index is 13.9. The second-order valence-corrected chi connectivity index (χ2v) is 5.10. The first-order valence-electron chi connectivity index (χ1n) is 6.66. The summed E-state index contributed by atoms with van der Waals surface area (Å²) in [6, 6.07) is 5.85. The topological polar surface area (TPSA) is 30.3 Å². The maximum absolute atomic E-state index is 13.9. The summed E-state index contributed by atoms with van der Waals surface area (Å²) >= 11 is 0. The van der Waals surface area contributed by atoms with Gasteiger partial charge in [-0.25, -0.2) is 13.2 Å². The van der Waals surface area contributed by atoms with Crippen molar-refractivity contribution in [3.63, 3.8) is 0 Å². The van der Waals surface area contributed by atoms with E-state index in [-0.39, 0.29) is 37.4 Å². The van der Waals surface area contributed by atoms with Crippen molar-refractivity contribution in [2.45, 2.75) is 12.3 Å². The second-order valence-electron chi connectivity index (χ2n) is 5.10. The number of piperazine rings is 1. The van der Waals surface area contributed by atoms with Crippen molar-refractivity contribution in [3.05, 3.63) is 29.6 Å². The van der Waals surface area contributed by atoms with E-state index in [0.717, 1.165) is 6.07 Å². The molecule has 0 aliphatic carbocycles. The predicted molar refractivity (Wildman–Crippen MR) is 70.7 cm³/mol. The van der Waals surface area contributed by atoms with Crippen molar-refractivity contribution < 1.29 is 22.0 Å². The summed E-state index contributed by atoms with van der Waals surface area (Å²) in [6.45, 7) is -0.220. The van der Waals surface area contributed by atoms with Gasteiger partial charge in [-0.05, 0) is 18.2 Å². The molecule has 0 unspecified atom stereocenters. The minimum Gasteiger partial charge on any atom is -0.367 e. The lowest BCUT2D eigenvalue weighted by Gasteiger charge is -2.37. The predicted octanol–water partition coefficient (Wildman–Crippen LogP) is 2.72. The first kappa shape index (κ1) is 16.5. The average molecular weight is 319 g/mol. The average Bonchev–Trinajstić information content (AvgIpc) is 2.47. The van der Waals surface area contributed by atoms with Crippen LogP contribution in [0.15, 0.2) is 18.2 Å². The largest absolute Gasteiger partial charge is 0.367 e. The molecule has 2 rings (SSSR count). The van der Waals surface area contributed by atoms with Crippen LogP contribution in [-0.4, -0.2) is 50.0 Å². The van der Waals surface area contributed by atoms with Gasteiger partial charge in [0.2, 0.25) is 0 Å². The summed E-state index contributed by atoms with van der Waals surface area (Å²) in [7, 11) is 0. The third-order valence-electron chi connectivity index (χ3n) is 3.54. The highest BCUT2D eigenvalue weighted by molar-refractivity contribution is 5.51. The highest BCUT2D eigenvalue weighted by atomic mass is 19.3. The van der Waals surface area contributed by atoms with E-state index in [4.69, 9.17) is 5.26 Å². The van der Waals surface area contributed by atoms with E-state index >= 15 is 0 Å². The number of rotatable bonds is 4. The van der Waals surface area contributed by atoms with Crippen molar-refractivity contribution in [2.24, 2.45) is 0 Å². The van der Waals surface area contributed by atoms with E-state index in [1.165, 1.54) is 17.0 Å². The van der Waals surface area contributed by atoms with Crippen LogP contribution in [0.2, 0.25) is 0 Å². The monoisotopic (exact) mass is 319 g/mol. The van der Waals surface area contributed by atoms with Gasteiger partial charge < -0.3 is 4.90 Å². The molecule has 22 heavy (non-hydrogen) atoms. The highest BCUT2D eigenvalue weighted by Gasteiger charge is 2.42. The Bertz CT molecular complexity index is 562. The molecular weight excluding hydrogens is 305 g/mol. The van der Waals surface area contributed by atoms with Crippen molar-refractivity contribution >= 4 is 5.69 Å². The fraction of sp³-hybridized carbons (Fsp3) is 0.500. The minimum atomic E-state index is -4.04. The van der Waals surface area contributed by atoms with Crippen LogP contribution in [0.4, 0.5) is 27.6 Å². The van der Waals surface area contributed by atoms with Crippen LogP contribution >= 0.6 is 0 Å². The van der Waals surface area contributed by atoms with Crippen molar-refractivity contribution in [1.82, 2.24) is 4.90 Å². The molecule has 3 nitrogen and oxygen atoms in total. The Morgan fingerprint density at radius 2 is 1.82 bits per heavy atom. The van der Waals surface area contributed by atoms with E-state index < -0.39 is 24.7 Å². The number of hydrogen-bond donors (Lipinski definition) is 0. The van der Waals surface area contributed by atoms with E-state index in [9.17, 15) is 22.0 Å². The molecule has 0 saturated carbocycles. The maximum Gasteiger partial charge on any atom is 0.319 e. The van der Waals surface area contributed by atoms with Gasteiger partial charge in [0.1, 0.15) is 5.82 Å². The summed E-state index contributed by atoms with van der Waals surface area (Å²) in [5, 5.41) is 8.68. The van der Waals surface area contributed by atoms with Gasteiger partial charge in [-0.2, -0.15) is 14.0 Å². The molecule has 1 heterocycles. The highest BCUT2D eigenvalue weighted by Crippen LogP contribution is 2.26. The Morgan fingerprint density at radius 3 is 2.32 bits per heavy atom. The molecule has 0 spiro atoms. The Hall–Kier alpha value is -1.88. The lowest BCUT2D eigenvalue weighted by Crippen LogP contribution is -2.51. The molecule has 0 aromatic heterocycles. The molecule has 8 heteroatoms. The molecule has 1 aliphatic rings. The zero-order valence-electron chi connectivity index (χ0n) is 11.6. The summed E-state index contributed by atoms with van der Waals surface area (Å²) in [5.74, 6) is -4.60. The summed E-state index contributed by atoms with van der Waals surface area (Å²) < 4.78 is 64.2. The third kappa shape index (κ3) is 3.65. The second kappa shape index (κ2) is 6.48. The van der Waals surface area contributed by atoms with Gasteiger partial charge in [0.25, 0.3) is 0 Å². The van der Waals surface area contributed by atoms with E-state index in [2.05, 4.69) is 0 Å². The molecule has 0 bridgehead atoms. The molecule has 1 fully saturated rings. The first-order valence-corrected chi connectivity index (χ1v) is 6.66. The minimum absolute atomic E-state index is 0.141. The molecule has 1 aliphatic heterocycles. The fourth-order valence-electron chi connectivity index (χ4n) is 2.35. The zero-order valence-corrected chi connectivity index (χ0v) is 11.6. The number of nitrogens with zero attached hydrogens (tertiary/aromatic N) is 3. The zero-order chi connectivity index (χ0) is 16.3. The Labute approximate surface area is 124 Å². The van der Waals surface area contributed by atoms with Crippen LogP contribution < -0.4 is 4.90 Å². The molecule has 0 radical (unpaired) electrons. The van der Waals surface area contributed by atoms with Crippen LogP contribution in [0.25, 0.3) is 0 Å². The molecule has 0 amide bonds. The van der Waals surface area contributed by atoms with Gasteiger partial charge >= 0.3 is 12.3 Å². The van der Waals surface area contributed by atoms with Gasteiger partial charge in [0.15, 0.2) is 0 Å². The standard InChI is InChI=1S/C14H14F5N3/c15-11-7-10(8-20)1-2-12(11)22-5-3-21(4-6-22)9-14(18,19)13(16)17/h1-2,7,13H,3-6,9H2. The van der Waals surface area contributed by atoms with Crippen LogP contribution in [-0.2, 0) is 0 Å². The molecule has 1 aromatic rings. The van der Waals surface area contributed by atoms with E-state index in [0.29, 0.717) is 0 Å². The Balaban J connectivity index is 1.97. The number of hydrogen-bond acceptors (Lipinski definition) is 3. The third-order valence-corrected chi connectivity index (χ3v) is 3.54. The number of halogens is 5. The lowest BCUT2D eigenvalue weighted by atomic mass is 10.1. The number of benzene rings is 1. The van der Waals surface area contributed by atoms with Crippen LogP contribution in [0.5, 0.6) is 0 Å². The Morgan fingerprint density at radius 1 is 1.18 bits per heavy atom. The summed E-state index contributed by atoms with van der Waals surface area (Å²) in [6.07, 6.45) is -3.69. The van der Waals surface area contributed by atoms with Crippen LogP contribution in [0.3, 0.4) is 0 Å².